The monoisotopic (exact) mass is 243 g/mol. The van der Waals surface area contributed by atoms with Gasteiger partial charge in [0, 0.05) is 23.3 Å². The van der Waals surface area contributed by atoms with Gasteiger partial charge >= 0.3 is 0 Å². The Morgan fingerprint density at radius 2 is 2.06 bits per heavy atom. The third kappa shape index (κ3) is 4.72. The molecule has 0 radical (unpaired) electrons. The lowest BCUT2D eigenvalue weighted by molar-refractivity contribution is -0.891. The van der Waals surface area contributed by atoms with E-state index in [1.807, 2.05) is 0 Å². The zero-order valence-corrected chi connectivity index (χ0v) is 9.22. The summed E-state index contributed by atoms with van der Waals surface area (Å²) >= 11 is 0. The number of hydrogen-bond acceptors (Lipinski definition) is 3. The van der Waals surface area contributed by atoms with Gasteiger partial charge in [-0.3, -0.25) is 9.39 Å². The molecule has 0 aliphatic rings. The van der Waals surface area contributed by atoms with Crippen LogP contribution >= 0.6 is 0 Å². The molecule has 6 nitrogen and oxygen atoms in total. The van der Waals surface area contributed by atoms with Gasteiger partial charge in [0.2, 0.25) is 12.4 Å². The first-order chi connectivity index (χ1) is 7.51. The molecule has 0 atom stereocenters. The largest absolute Gasteiger partial charge is 0.286 e. The highest BCUT2D eigenvalue weighted by molar-refractivity contribution is 7.85. The van der Waals surface area contributed by atoms with E-state index >= 15 is 0 Å². The molecular weight excluding hydrogens is 232 g/mol. The highest BCUT2D eigenvalue weighted by atomic mass is 32.2. The van der Waals surface area contributed by atoms with Crippen LogP contribution in [0.25, 0.3) is 4.85 Å². The van der Waals surface area contributed by atoms with E-state index in [0.717, 1.165) is 0 Å². The molecule has 0 aliphatic carbocycles. The Bertz CT molecular complexity index is 475. The first-order valence-corrected chi connectivity index (χ1v) is 6.09. The second-order valence-corrected chi connectivity index (χ2v) is 4.57. The lowest BCUT2D eigenvalue weighted by Gasteiger charge is -1.97. The smallest absolute Gasteiger partial charge is 0.264 e. The number of aromatic nitrogens is 1. The van der Waals surface area contributed by atoms with Crippen LogP contribution in [0.2, 0.25) is 0 Å². The fourth-order valence-corrected chi connectivity index (χ4v) is 1.46. The summed E-state index contributed by atoms with van der Waals surface area (Å²) in [6, 6.07) is 3.16. The van der Waals surface area contributed by atoms with Crippen molar-refractivity contribution in [1.82, 2.24) is 0 Å². The van der Waals surface area contributed by atoms with Gasteiger partial charge in [0.25, 0.3) is 10.1 Å². The summed E-state index contributed by atoms with van der Waals surface area (Å²) in [4.78, 5) is 8.35. The minimum Gasteiger partial charge on any atom is -0.286 e. The maximum atomic E-state index is 10.4. The minimum absolute atomic E-state index is 0.168. The van der Waals surface area contributed by atoms with Crippen molar-refractivity contribution in [3.63, 3.8) is 0 Å². The van der Waals surface area contributed by atoms with Crippen molar-refractivity contribution in [1.29, 1.82) is 0 Å². The Balaban J connectivity index is 2.36. The normalized spacial score (nSPS) is 10.8. The van der Waals surface area contributed by atoms with E-state index in [0.29, 0.717) is 5.69 Å². The van der Waals surface area contributed by atoms with Gasteiger partial charge in [-0.1, -0.05) is 0 Å². The van der Waals surface area contributed by atoms with Crippen LogP contribution in [0.15, 0.2) is 24.5 Å². The van der Waals surface area contributed by atoms with Crippen molar-refractivity contribution in [2.45, 2.75) is 6.42 Å². The Morgan fingerprint density at radius 3 is 2.56 bits per heavy atom. The molecule has 1 aromatic rings. The van der Waals surface area contributed by atoms with E-state index in [2.05, 4.69) is 4.85 Å². The molecule has 0 spiro atoms. The van der Waals surface area contributed by atoms with Crippen LogP contribution in [-0.4, -0.2) is 25.3 Å². The summed E-state index contributed by atoms with van der Waals surface area (Å²) in [6.45, 7) is 6.90. The molecule has 0 unspecified atom stereocenters. The highest BCUT2D eigenvalue weighted by Crippen LogP contribution is 2.05. The van der Waals surface area contributed by atoms with Crippen molar-refractivity contribution in [3.05, 3.63) is 35.9 Å². The standard InChI is InChI=1S/C9H10N2O4S/c1-10-9-3-5-11(6-4-9)15-7-2-8-16(12,13)14/h3-6H,2,7-8H2/p+1. The Labute approximate surface area is 93.6 Å². The fourth-order valence-electron chi connectivity index (χ4n) is 0.977. The van der Waals surface area contributed by atoms with E-state index in [4.69, 9.17) is 16.0 Å². The maximum absolute atomic E-state index is 10.4. The van der Waals surface area contributed by atoms with E-state index in [-0.39, 0.29) is 18.8 Å². The fraction of sp³-hybridized carbons (Fsp3) is 0.333. The molecule has 1 N–H and O–H groups in total. The van der Waals surface area contributed by atoms with Crippen LogP contribution in [0, 0.1) is 6.57 Å². The van der Waals surface area contributed by atoms with Gasteiger partial charge in [0.1, 0.15) is 0 Å². The molecule has 0 fully saturated rings. The maximum Gasteiger partial charge on any atom is 0.264 e. The van der Waals surface area contributed by atoms with Crippen LogP contribution in [0.5, 0.6) is 0 Å². The van der Waals surface area contributed by atoms with Gasteiger partial charge < -0.3 is 0 Å². The van der Waals surface area contributed by atoms with Gasteiger partial charge in [-0.15, -0.1) is 0 Å². The van der Waals surface area contributed by atoms with Gasteiger partial charge in [0.05, 0.1) is 12.3 Å². The number of rotatable bonds is 5. The quantitative estimate of drug-likeness (QED) is 0.348. The summed E-state index contributed by atoms with van der Waals surface area (Å²) in [7, 11) is -3.92. The average Bonchev–Trinajstić information content (AvgIpc) is 2.24. The lowest BCUT2D eigenvalue weighted by Crippen LogP contribution is -2.42. The van der Waals surface area contributed by atoms with Crippen LogP contribution in [0.4, 0.5) is 5.69 Å². The zero-order chi connectivity index (χ0) is 12.0. The van der Waals surface area contributed by atoms with Gasteiger partial charge in [-0.2, -0.15) is 8.42 Å². The van der Waals surface area contributed by atoms with Crippen LogP contribution < -0.4 is 9.57 Å². The lowest BCUT2D eigenvalue weighted by atomic mass is 10.4. The molecule has 1 heterocycles. The zero-order valence-electron chi connectivity index (χ0n) is 8.41. The Morgan fingerprint density at radius 1 is 1.44 bits per heavy atom. The van der Waals surface area contributed by atoms with Crippen LogP contribution in [0.1, 0.15) is 6.42 Å². The molecule has 7 heteroatoms. The molecule has 1 rings (SSSR count). The number of pyridine rings is 1. The number of nitrogens with zero attached hydrogens (tertiary/aromatic N) is 2. The van der Waals surface area contributed by atoms with Gasteiger partial charge in [-0.05, 0) is 0 Å². The third-order valence-corrected chi connectivity index (χ3v) is 2.51. The SMILES string of the molecule is [C-]#[N+]c1cc[n+](OCCCS(=O)(=O)O)cc1. The topological polar surface area (TPSA) is 71.8 Å². The van der Waals surface area contributed by atoms with Crippen LogP contribution in [-0.2, 0) is 10.1 Å². The molecule has 0 aliphatic heterocycles. The minimum atomic E-state index is -3.92. The van der Waals surface area contributed by atoms with E-state index in [9.17, 15) is 8.42 Å². The summed E-state index contributed by atoms with van der Waals surface area (Å²) in [5.74, 6) is -0.326. The van der Waals surface area contributed by atoms with Gasteiger partial charge in [0.15, 0.2) is 12.3 Å². The molecule has 0 aromatic carbocycles. The average molecular weight is 243 g/mol. The third-order valence-electron chi connectivity index (χ3n) is 1.70. The Hall–Kier alpha value is -1.65. The van der Waals surface area contributed by atoms with Crippen molar-refractivity contribution >= 4 is 15.8 Å². The summed E-state index contributed by atoms with van der Waals surface area (Å²) in [5, 5.41) is 0. The molecule has 16 heavy (non-hydrogen) atoms. The highest BCUT2D eigenvalue weighted by Gasteiger charge is 2.06. The summed E-state index contributed by atoms with van der Waals surface area (Å²) in [6.07, 6.45) is 3.32. The molecule has 0 saturated carbocycles. The molecule has 0 amide bonds. The Kier molecular flexibility index (Phi) is 4.22. The predicted molar refractivity (Wildman–Crippen MR) is 55.4 cm³/mol. The van der Waals surface area contributed by atoms with E-state index in [1.165, 1.54) is 4.73 Å². The number of hydrogen-bond donors (Lipinski definition) is 1. The predicted octanol–water partition coefficient (Wildman–Crippen LogP) is 0.231. The molecule has 0 bridgehead atoms. The van der Waals surface area contributed by atoms with Crippen LogP contribution in [0.3, 0.4) is 0 Å². The first-order valence-electron chi connectivity index (χ1n) is 4.48. The first kappa shape index (κ1) is 12.4. The summed E-state index contributed by atoms with van der Waals surface area (Å²) in [5.41, 5.74) is 0.498. The van der Waals surface area contributed by atoms with E-state index < -0.39 is 10.1 Å². The van der Waals surface area contributed by atoms with Crippen molar-refractivity contribution in [2.75, 3.05) is 12.4 Å². The second-order valence-electron chi connectivity index (χ2n) is 3.00. The molecule has 86 valence electrons. The van der Waals surface area contributed by atoms with Crippen molar-refractivity contribution in [3.8, 4) is 0 Å². The molecule has 1 aromatic heterocycles. The molecular formula is C9H11N2O4S+. The van der Waals surface area contributed by atoms with E-state index in [1.54, 1.807) is 24.5 Å². The van der Waals surface area contributed by atoms with Gasteiger partial charge in [-0.25, -0.2) is 4.85 Å². The second kappa shape index (κ2) is 5.44. The van der Waals surface area contributed by atoms with Crippen molar-refractivity contribution < 1.29 is 22.5 Å². The molecule has 0 saturated heterocycles. The van der Waals surface area contributed by atoms with Crippen molar-refractivity contribution in [2.24, 2.45) is 0 Å². The summed E-state index contributed by atoms with van der Waals surface area (Å²) < 4.78 is 30.6.